The normalized spacial score (nSPS) is 34.6. The fourth-order valence-corrected chi connectivity index (χ4v) is 3.35. The van der Waals surface area contributed by atoms with E-state index in [4.69, 9.17) is 4.74 Å². The number of nitrogens with zero attached hydrogens (tertiary/aromatic N) is 1. The summed E-state index contributed by atoms with van der Waals surface area (Å²) in [7, 11) is 0. The predicted molar refractivity (Wildman–Crippen MR) is 66.8 cm³/mol. The largest absolute Gasteiger partial charge is 0.444 e. The average Bonchev–Trinajstić information content (AvgIpc) is 2.53. The number of carbonyl (C=O) groups is 1. The molecule has 3 aliphatic rings. The van der Waals surface area contributed by atoms with Crippen molar-refractivity contribution in [2.45, 2.75) is 51.0 Å². The Labute approximate surface area is 103 Å². The number of hydrogen-bond acceptors (Lipinski definition) is 3. The van der Waals surface area contributed by atoms with Gasteiger partial charge in [0.25, 0.3) is 0 Å². The van der Waals surface area contributed by atoms with E-state index >= 15 is 0 Å². The topological polar surface area (TPSA) is 29.5 Å². The van der Waals surface area contributed by atoms with Gasteiger partial charge in [-0.3, -0.25) is 0 Å². The van der Waals surface area contributed by atoms with Gasteiger partial charge >= 0.3 is 6.09 Å². The molecule has 2 bridgehead atoms. The smallest absolute Gasteiger partial charge is 0.410 e. The van der Waals surface area contributed by atoms with Gasteiger partial charge in [0.15, 0.2) is 0 Å². The summed E-state index contributed by atoms with van der Waals surface area (Å²) in [6.45, 7) is 8.69. The molecule has 1 saturated carbocycles. The van der Waals surface area contributed by atoms with Gasteiger partial charge in [-0.1, -0.05) is 6.92 Å². The molecule has 2 saturated heterocycles. The van der Waals surface area contributed by atoms with Crippen molar-refractivity contribution in [1.29, 1.82) is 0 Å². The molecule has 4 unspecified atom stereocenters. The summed E-state index contributed by atoms with van der Waals surface area (Å²) in [5.74, 6) is 1.21. The lowest BCUT2D eigenvalue weighted by Crippen LogP contribution is -2.45. The van der Waals surface area contributed by atoms with E-state index in [2.05, 4.69) is 19.6 Å². The second-order valence-corrected chi connectivity index (χ2v) is 6.83. The molecule has 0 aromatic rings. The Kier molecular flexibility index (Phi) is 2.89. The van der Waals surface area contributed by atoms with Gasteiger partial charge in [-0.15, -0.1) is 0 Å². The number of hydrogen-bond donors (Lipinski definition) is 1. The number of carbonyl (C=O) groups excluding carboxylic acids is 1. The van der Waals surface area contributed by atoms with Crippen LogP contribution < -0.4 is 0 Å². The van der Waals surface area contributed by atoms with Crippen LogP contribution in [-0.2, 0) is 4.74 Å². The lowest BCUT2D eigenvalue weighted by Gasteiger charge is -2.38. The number of ether oxygens (including phenoxy) is 1. The molecule has 3 rings (SSSR count). The van der Waals surface area contributed by atoms with Crippen LogP contribution in [0.4, 0.5) is 4.79 Å². The molecule has 2 heterocycles. The minimum Gasteiger partial charge on any atom is -0.444 e. The van der Waals surface area contributed by atoms with Gasteiger partial charge in [0.05, 0.1) is 0 Å². The molecule has 4 atom stereocenters. The summed E-state index contributed by atoms with van der Waals surface area (Å²) in [6.07, 6.45) is 0.978. The zero-order valence-corrected chi connectivity index (χ0v) is 11.3. The highest BCUT2D eigenvalue weighted by Crippen LogP contribution is 2.49. The average molecular weight is 243 g/mol. The quantitative estimate of drug-likeness (QED) is 0.717. The van der Waals surface area contributed by atoms with E-state index in [1.807, 2.05) is 25.7 Å². The van der Waals surface area contributed by atoms with Gasteiger partial charge < -0.3 is 9.64 Å². The lowest BCUT2D eigenvalue weighted by atomic mass is 9.72. The first kappa shape index (κ1) is 12.1. The van der Waals surface area contributed by atoms with Crippen molar-refractivity contribution in [2.75, 3.05) is 6.54 Å². The van der Waals surface area contributed by atoms with Crippen molar-refractivity contribution in [2.24, 2.45) is 11.8 Å². The molecular weight excluding hydrogens is 222 g/mol. The van der Waals surface area contributed by atoms with Crippen LogP contribution in [0.15, 0.2) is 0 Å². The Morgan fingerprint density at radius 1 is 1.50 bits per heavy atom. The number of fused-ring (bicyclic) bond motifs is 1. The third kappa shape index (κ3) is 2.04. The molecule has 92 valence electrons. The minimum absolute atomic E-state index is 0.156. The molecular formula is C12H21NO2S. The van der Waals surface area contributed by atoms with E-state index in [0.717, 1.165) is 13.0 Å². The van der Waals surface area contributed by atoms with Crippen molar-refractivity contribution in [3.05, 3.63) is 0 Å². The van der Waals surface area contributed by atoms with E-state index < -0.39 is 5.60 Å². The molecule has 1 amide bonds. The maximum atomic E-state index is 11.9. The zero-order valence-electron chi connectivity index (χ0n) is 10.4. The van der Waals surface area contributed by atoms with Crippen LogP contribution in [0.2, 0.25) is 0 Å². The van der Waals surface area contributed by atoms with Crippen molar-refractivity contribution >= 4 is 18.7 Å². The molecule has 0 spiro atoms. The highest BCUT2D eigenvalue weighted by atomic mass is 32.1. The van der Waals surface area contributed by atoms with Crippen molar-refractivity contribution in [3.8, 4) is 0 Å². The Morgan fingerprint density at radius 3 is 2.56 bits per heavy atom. The Hall–Kier alpha value is -0.380. The fourth-order valence-electron chi connectivity index (χ4n) is 2.91. The molecule has 2 aliphatic heterocycles. The molecule has 16 heavy (non-hydrogen) atoms. The summed E-state index contributed by atoms with van der Waals surface area (Å²) >= 11 is 4.50. The Morgan fingerprint density at radius 2 is 2.12 bits per heavy atom. The van der Waals surface area contributed by atoms with Crippen molar-refractivity contribution < 1.29 is 9.53 Å². The van der Waals surface area contributed by atoms with E-state index in [1.54, 1.807) is 0 Å². The van der Waals surface area contributed by atoms with Gasteiger partial charge in [0.2, 0.25) is 0 Å². The summed E-state index contributed by atoms with van der Waals surface area (Å²) in [5.41, 5.74) is -0.397. The molecule has 0 aromatic heterocycles. The highest BCUT2D eigenvalue weighted by molar-refractivity contribution is 7.80. The first-order valence-corrected chi connectivity index (χ1v) is 6.49. The van der Waals surface area contributed by atoms with Gasteiger partial charge in [-0.05, 0) is 39.0 Å². The standard InChI is InChI=1S/C12H21NO2S/c1-7(16)10-8-5-9(10)13(6-8)11(14)15-12(2,3)4/h7-10,16H,5-6H2,1-4H3. The number of amides is 1. The van der Waals surface area contributed by atoms with E-state index in [1.165, 1.54) is 0 Å². The van der Waals surface area contributed by atoms with Gasteiger partial charge in [-0.25, -0.2) is 4.79 Å². The van der Waals surface area contributed by atoms with Crippen LogP contribution in [0.3, 0.4) is 0 Å². The van der Waals surface area contributed by atoms with Gasteiger partial charge in [-0.2, -0.15) is 12.6 Å². The molecule has 1 aliphatic carbocycles. The second kappa shape index (κ2) is 3.83. The zero-order chi connectivity index (χ0) is 12.1. The molecule has 0 aromatic carbocycles. The van der Waals surface area contributed by atoms with E-state index in [-0.39, 0.29) is 6.09 Å². The highest BCUT2D eigenvalue weighted by Gasteiger charge is 2.55. The summed E-state index contributed by atoms with van der Waals surface area (Å²) in [6, 6.07) is 0.368. The third-order valence-electron chi connectivity index (χ3n) is 3.55. The SMILES string of the molecule is CC(S)C1C2CC1N(C(=O)OC(C)(C)C)C2. The summed E-state index contributed by atoms with van der Waals surface area (Å²) in [5, 5.41) is 0.371. The molecule has 3 nitrogen and oxygen atoms in total. The maximum Gasteiger partial charge on any atom is 0.410 e. The number of thiol groups is 1. The van der Waals surface area contributed by atoms with Crippen LogP contribution in [-0.4, -0.2) is 34.4 Å². The first-order valence-electron chi connectivity index (χ1n) is 5.97. The number of rotatable bonds is 1. The summed E-state index contributed by atoms with van der Waals surface area (Å²) in [4.78, 5) is 13.8. The van der Waals surface area contributed by atoms with Crippen molar-refractivity contribution in [1.82, 2.24) is 4.90 Å². The lowest BCUT2D eigenvalue weighted by molar-refractivity contribution is 0.0204. The van der Waals surface area contributed by atoms with Crippen molar-refractivity contribution in [3.63, 3.8) is 0 Å². The molecule has 3 fully saturated rings. The van der Waals surface area contributed by atoms with E-state index in [0.29, 0.717) is 23.1 Å². The monoisotopic (exact) mass is 243 g/mol. The molecule has 0 radical (unpaired) electrons. The minimum atomic E-state index is -0.397. The Bertz CT molecular complexity index is 298. The van der Waals surface area contributed by atoms with Gasteiger partial charge in [0, 0.05) is 17.8 Å². The van der Waals surface area contributed by atoms with Crippen LogP contribution in [0.25, 0.3) is 0 Å². The van der Waals surface area contributed by atoms with Gasteiger partial charge in [0.1, 0.15) is 5.60 Å². The van der Waals surface area contributed by atoms with E-state index in [9.17, 15) is 4.79 Å². The summed E-state index contributed by atoms with van der Waals surface area (Å²) < 4.78 is 5.41. The van der Waals surface area contributed by atoms with Crippen LogP contribution in [0.5, 0.6) is 0 Å². The maximum absolute atomic E-state index is 11.9. The molecule has 0 N–H and O–H groups in total. The predicted octanol–water partition coefficient (Wildman–Crippen LogP) is 2.56. The van der Waals surface area contributed by atoms with Crippen LogP contribution >= 0.6 is 12.6 Å². The van der Waals surface area contributed by atoms with Crippen LogP contribution in [0, 0.1) is 11.8 Å². The van der Waals surface area contributed by atoms with Crippen LogP contribution in [0.1, 0.15) is 34.1 Å². The first-order chi connectivity index (χ1) is 7.29. The second-order valence-electron chi connectivity index (χ2n) is 6.01. The Balaban J connectivity index is 1.96. The third-order valence-corrected chi connectivity index (χ3v) is 3.89. The molecule has 4 heteroatoms. The fraction of sp³-hybridized carbons (Fsp3) is 0.917.